The topological polar surface area (TPSA) is 3.24 Å². The Morgan fingerprint density at radius 3 is 2.00 bits per heavy atom. The number of hydrogen-bond acceptors (Lipinski definition) is 1. The first-order chi connectivity index (χ1) is 4.63. The van der Waals surface area contributed by atoms with Crippen molar-refractivity contribution in [1.29, 1.82) is 0 Å². The molecule has 0 aliphatic rings. The molecule has 0 aliphatic heterocycles. The number of nitrogens with zero attached hydrogens (tertiary/aromatic N) is 1. The third-order valence-electron chi connectivity index (χ3n) is 1.94. The molecule has 0 aromatic carbocycles. The quantitative estimate of drug-likeness (QED) is 0.551. The summed E-state index contributed by atoms with van der Waals surface area (Å²) in [5.74, 6) is 0.547. The van der Waals surface area contributed by atoms with Gasteiger partial charge in [-0.1, -0.05) is 20.8 Å². The van der Waals surface area contributed by atoms with Crippen LogP contribution in [0.1, 0.15) is 27.2 Å². The molecule has 62 valence electrons. The highest BCUT2D eigenvalue weighted by Crippen LogP contribution is 2.11. The van der Waals surface area contributed by atoms with Gasteiger partial charge in [0.2, 0.25) is 0 Å². The number of alkyl halides is 1. The summed E-state index contributed by atoms with van der Waals surface area (Å²) in [5.41, 5.74) is 0. The number of rotatable bonds is 4. The standard InChI is InChI=1S/C8H18FN/c1-5-8(7(2)3)10(4)6-9/h7-8H,5-6H2,1-4H3. The van der Waals surface area contributed by atoms with Crippen LogP contribution in [0.3, 0.4) is 0 Å². The number of hydrogen-bond donors (Lipinski definition) is 0. The molecule has 0 bridgehead atoms. The molecule has 0 aliphatic carbocycles. The maximum Gasteiger partial charge on any atom is 0.143 e. The second-order valence-corrected chi connectivity index (χ2v) is 3.10. The zero-order chi connectivity index (χ0) is 8.15. The van der Waals surface area contributed by atoms with E-state index < -0.39 is 0 Å². The van der Waals surface area contributed by atoms with Crippen LogP contribution >= 0.6 is 0 Å². The van der Waals surface area contributed by atoms with Crippen molar-refractivity contribution in [1.82, 2.24) is 4.90 Å². The molecule has 0 spiro atoms. The molecule has 0 aromatic rings. The first kappa shape index (κ1) is 9.89. The summed E-state index contributed by atoms with van der Waals surface area (Å²) >= 11 is 0. The van der Waals surface area contributed by atoms with Crippen LogP contribution in [-0.2, 0) is 0 Å². The van der Waals surface area contributed by atoms with Crippen molar-refractivity contribution in [3.8, 4) is 0 Å². The lowest BCUT2D eigenvalue weighted by Crippen LogP contribution is -2.34. The highest BCUT2D eigenvalue weighted by Gasteiger charge is 2.15. The van der Waals surface area contributed by atoms with Gasteiger partial charge in [0.15, 0.2) is 0 Å². The lowest BCUT2D eigenvalue weighted by molar-refractivity contribution is 0.128. The van der Waals surface area contributed by atoms with Crippen LogP contribution in [-0.4, -0.2) is 24.8 Å². The molecule has 10 heavy (non-hydrogen) atoms. The van der Waals surface area contributed by atoms with Crippen LogP contribution in [0.2, 0.25) is 0 Å². The average Bonchev–Trinajstić information content (AvgIpc) is 1.88. The maximum atomic E-state index is 12.1. The monoisotopic (exact) mass is 147 g/mol. The minimum atomic E-state index is -0.337. The largest absolute Gasteiger partial charge is 0.276 e. The summed E-state index contributed by atoms with van der Waals surface area (Å²) in [7, 11) is 1.83. The average molecular weight is 147 g/mol. The van der Waals surface area contributed by atoms with E-state index in [1.54, 1.807) is 4.90 Å². The van der Waals surface area contributed by atoms with Crippen molar-refractivity contribution in [3.05, 3.63) is 0 Å². The van der Waals surface area contributed by atoms with E-state index in [-0.39, 0.29) is 6.80 Å². The van der Waals surface area contributed by atoms with Crippen LogP contribution in [0, 0.1) is 5.92 Å². The molecule has 1 atom stereocenters. The fourth-order valence-corrected chi connectivity index (χ4v) is 1.38. The molecular weight excluding hydrogens is 129 g/mol. The highest BCUT2D eigenvalue weighted by molar-refractivity contribution is 4.67. The predicted molar refractivity (Wildman–Crippen MR) is 42.7 cm³/mol. The Balaban J connectivity index is 3.80. The van der Waals surface area contributed by atoms with Crippen LogP contribution in [0.15, 0.2) is 0 Å². The Hall–Kier alpha value is -0.110. The molecule has 0 fully saturated rings. The van der Waals surface area contributed by atoms with Crippen LogP contribution in [0.5, 0.6) is 0 Å². The molecule has 1 unspecified atom stereocenters. The van der Waals surface area contributed by atoms with Gasteiger partial charge in [-0.2, -0.15) is 0 Å². The SMILES string of the molecule is CCC(C(C)C)N(C)CF. The van der Waals surface area contributed by atoms with Gasteiger partial charge in [0.25, 0.3) is 0 Å². The zero-order valence-electron chi connectivity index (χ0n) is 7.39. The van der Waals surface area contributed by atoms with Gasteiger partial charge >= 0.3 is 0 Å². The van der Waals surface area contributed by atoms with Crippen molar-refractivity contribution in [2.24, 2.45) is 5.92 Å². The van der Waals surface area contributed by atoms with Gasteiger partial charge in [-0.25, -0.2) is 4.39 Å². The van der Waals surface area contributed by atoms with E-state index in [0.29, 0.717) is 12.0 Å². The first-order valence-corrected chi connectivity index (χ1v) is 3.89. The summed E-state index contributed by atoms with van der Waals surface area (Å²) in [6.45, 7) is 6.01. The summed E-state index contributed by atoms with van der Waals surface area (Å²) in [5, 5.41) is 0. The molecule has 0 saturated carbocycles. The number of halogens is 1. The van der Waals surface area contributed by atoms with Gasteiger partial charge in [-0.05, 0) is 19.4 Å². The lowest BCUT2D eigenvalue weighted by Gasteiger charge is -2.27. The smallest absolute Gasteiger partial charge is 0.143 e. The van der Waals surface area contributed by atoms with Crippen molar-refractivity contribution < 1.29 is 4.39 Å². The van der Waals surface area contributed by atoms with Crippen molar-refractivity contribution in [3.63, 3.8) is 0 Å². The molecule has 2 heteroatoms. The van der Waals surface area contributed by atoms with Crippen molar-refractivity contribution in [2.75, 3.05) is 13.8 Å². The van der Waals surface area contributed by atoms with E-state index in [4.69, 9.17) is 0 Å². The van der Waals surface area contributed by atoms with Gasteiger partial charge in [-0.15, -0.1) is 0 Å². The summed E-state index contributed by atoms with van der Waals surface area (Å²) < 4.78 is 12.1. The van der Waals surface area contributed by atoms with Crippen molar-refractivity contribution >= 4 is 0 Å². The molecule has 0 heterocycles. The lowest BCUT2D eigenvalue weighted by atomic mass is 10.0. The summed E-state index contributed by atoms with van der Waals surface area (Å²) in [4.78, 5) is 1.75. The zero-order valence-corrected chi connectivity index (χ0v) is 7.39. The summed E-state index contributed by atoms with van der Waals surface area (Å²) in [6.07, 6.45) is 1.03. The highest BCUT2D eigenvalue weighted by atomic mass is 19.1. The van der Waals surface area contributed by atoms with Crippen LogP contribution < -0.4 is 0 Å². The second kappa shape index (κ2) is 4.67. The Morgan fingerprint density at radius 1 is 1.40 bits per heavy atom. The maximum absolute atomic E-state index is 12.1. The summed E-state index contributed by atoms with van der Waals surface area (Å²) in [6, 6.07) is 0.394. The van der Waals surface area contributed by atoms with Gasteiger partial charge in [0.05, 0.1) is 0 Å². The van der Waals surface area contributed by atoms with Gasteiger partial charge < -0.3 is 0 Å². The minimum Gasteiger partial charge on any atom is -0.276 e. The molecule has 0 N–H and O–H groups in total. The van der Waals surface area contributed by atoms with E-state index >= 15 is 0 Å². The van der Waals surface area contributed by atoms with E-state index in [0.717, 1.165) is 6.42 Å². The van der Waals surface area contributed by atoms with Crippen LogP contribution in [0.4, 0.5) is 4.39 Å². The molecule has 1 nitrogen and oxygen atoms in total. The minimum absolute atomic E-state index is 0.337. The third-order valence-corrected chi connectivity index (χ3v) is 1.94. The fourth-order valence-electron chi connectivity index (χ4n) is 1.38. The van der Waals surface area contributed by atoms with E-state index in [1.165, 1.54) is 0 Å². The molecule has 0 amide bonds. The normalized spacial score (nSPS) is 14.7. The third kappa shape index (κ3) is 2.65. The predicted octanol–water partition coefficient (Wildman–Crippen LogP) is 2.28. The fraction of sp³-hybridized carbons (Fsp3) is 1.00. The van der Waals surface area contributed by atoms with Crippen LogP contribution in [0.25, 0.3) is 0 Å². The molecular formula is C8H18FN. The molecule has 0 rings (SSSR count). The molecule has 0 saturated heterocycles. The Kier molecular flexibility index (Phi) is 4.62. The van der Waals surface area contributed by atoms with E-state index in [2.05, 4.69) is 20.8 Å². The van der Waals surface area contributed by atoms with E-state index in [1.807, 2.05) is 7.05 Å². The van der Waals surface area contributed by atoms with Gasteiger partial charge in [0.1, 0.15) is 6.80 Å². The van der Waals surface area contributed by atoms with Gasteiger partial charge in [0, 0.05) is 6.04 Å². The molecule has 0 radical (unpaired) electrons. The van der Waals surface area contributed by atoms with Crippen molar-refractivity contribution in [2.45, 2.75) is 33.2 Å². The Morgan fingerprint density at radius 2 is 1.90 bits per heavy atom. The first-order valence-electron chi connectivity index (χ1n) is 3.89. The Labute approximate surface area is 63.2 Å². The Bertz CT molecular complexity index is 83.3. The second-order valence-electron chi connectivity index (χ2n) is 3.10. The van der Waals surface area contributed by atoms with E-state index in [9.17, 15) is 4.39 Å². The van der Waals surface area contributed by atoms with Gasteiger partial charge in [-0.3, -0.25) is 4.90 Å². The molecule has 0 aromatic heterocycles.